The van der Waals surface area contributed by atoms with Crippen LogP contribution >= 0.6 is 0 Å². The quantitative estimate of drug-likeness (QED) is 0.487. The maximum atomic E-state index is 5.58. The van der Waals surface area contributed by atoms with Crippen molar-refractivity contribution in [2.75, 3.05) is 7.11 Å². The Morgan fingerprint density at radius 1 is 1.07 bits per heavy atom. The van der Waals surface area contributed by atoms with Crippen molar-refractivity contribution < 1.29 is 9.26 Å². The summed E-state index contributed by atoms with van der Waals surface area (Å²) in [7, 11) is 3.50. The molecule has 0 spiro atoms. The second kappa shape index (κ2) is 5.63. The Morgan fingerprint density at radius 3 is 2.67 bits per heavy atom. The summed E-state index contributed by atoms with van der Waals surface area (Å²) in [4.78, 5) is 0. The van der Waals surface area contributed by atoms with E-state index in [9.17, 15) is 0 Å². The van der Waals surface area contributed by atoms with E-state index < -0.39 is 0 Å². The van der Waals surface area contributed by atoms with Crippen molar-refractivity contribution in [3.8, 4) is 28.7 Å². The minimum absolute atomic E-state index is 0.503. The average molecular weight is 361 g/mol. The predicted molar refractivity (Wildman–Crippen MR) is 97.3 cm³/mol. The Bertz CT molecular complexity index is 1300. The number of benzene rings is 1. The summed E-state index contributed by atoms with van der Waals surface area (Å²) in [5.74, 6) is 1.89. The summed E-state index contributed by atoms with van der Waals surface area (Å²) in [5.41, 5.74) is 2.59. The van der Waals surface area contributed by atoms with Crippen LogP contribution in [0.2, 0.25) is 0 Å². The molecule has 0 saturated carbocycles. The molecule has 9 heteroatoms. The molecule has 0 bridgehead atoms. The number of aryl methyl sites for hydroxylation is 2. The van der Waals surface area contributed by atoms with Crippen molar-refractivity contribution >= 4 is 16.4 Å². The highest BCUT2D eigenvalue weighted by molar-refractivity contribution is 6.05. The fourth-order valence-corrected chi connectivity index (χ4v) is 3.18. The lowest BCUT2D eigenvalue weighted by Crippen LogP contribution is -2.01. The molecule has 0 aliphatic heterocycles. The summed E-state index contributed by atoms with van der Waals surface area (Å²) >= 11 is 0. The second-order valence-corrected chi connectivity index (χ2v) is 6.19. The van der Waals surface area contributed by atoms with Crippen LogP contribution in [0.25, 0.3) is 39.3 Å². The summed E-state index contributed by atoms with van der Waals surface area (Å²) < 4.78 is 14.2. The fraction of sp³-hybridized carbons (Fsp3) is 0.167. The van der Waals surface area contributed by atoms with Crippen molar-refractivity contribution in [2.24, 2.45) is 7.05 Å². The number of nitrogens with zero attached hydrogens (tertiary/aromatic N) is 7. The van der Waals surface area contributed by atoms with Crippen molar-refractivity contribution in [1.82, 2.24) is 34.7 Å². The van der Waals surface area contributed by atoms with Gasteiger partial charge in [-0.25, -0.2) is 0 Å². The molecule has 134 valence electrons. The van der Waals surface area contributed by atoms with Gasteiger partial charge in [-0.05, 0) is 19.1 Å². The Hall–Kier alpha value is -3.75. The topological polar surface area (TPSA) is 96.2 Å². The molecule has 27 heavy (non-hydrogen) atoms. The van der Waals surface area contributed by atoms with E-state index in [2.05, 4.69) is 20.5 Å². The molecule has 0 aliphatic carbocycles. The maximum absolute atomic E-state index is 5.58. The van der Waals surface area contributed by atoms with Crippen LogP contribution in [0.1, 0.15) is 5.76 Å². The van der Waals surface area contributed by atoms with E-state index in [0.29, 0.717) is 34.4 Å². The number of methoxy groups -OCH3 is 1. The smallest absolute Gasteiger partial charge is 0.207 e. The fourth-order valence-electron chi connectivity index (χ4n) is 3.18. The second-order valence-electron chi connectivity index (χ2n) is 6.19. The first-order chi connectivity index (χ1) is 13.2. The maximum Gasteiger partial charge on any atom is 0.207 e. The van der Waals surface area contributed by atoms with Gasteiger partial charge in [0.2, 0.25) is 5.82 Å². The Labute approximate surface area is 153 Å². The summed E-state index contributed by atoms with van der Waals surface area (Å²) in [6.45, 7) is 1.83. The van der Waals surface area contributed by atoms with Crippen molar-refractivity contribution in [1.29, 1.82) is 0 Å². The van der Waals surface area contributed by atoms with Gasteiger partial charge in [0.05, 0.1) is 12.5 Å². The number of hydrogen-bond donors (Lipinski definition) is 0. The lowest BCUT2D eigenvalue weighted by atomic mass is 10.1. The van der Waals surface area contributed by atoms with Crippen LogP contribution in [0.5, 0.6) is 5.75 Å². The third kappa shape index (κ3) is 2.28. The molecule has 4 aromatic heterocycles. The molecule has 0 radical (unpaired) electrons. The molecule has 4 heterocycles. The van der Waals surface area contributed by atoms with Crippen molar-refractivity contribution in [2.45, 2.75) is 6.92 Å². The first kappa shape index (κ1) is 15.5. The van der Waals surface area contributed by atoms with Gasteiger partial charge in [0.1, 0.15) is 22.9 Å². The molecule has 9 nitrogen and oxygen atoms in total. The molecular weight excluding hydrogens is 346 g/mol. The minimum Gasteiger partial charge on any atom is -0.496 e. The third-order valence-corrected chi connectivity index (χ3v) is 4.38. The molecule has 0 saturated heterocycles. The number of hydrogen-bond acceptors (Lipinski definition) is 7. The van der Waals surface area contributed by atoms with Crippen LogP contribution < -0.4 is 4.74 Å². The molecule has 0 N–H and O–H groups in total. The number of fused-ring (bicyclic) bond motifs is 3. The van der Waals surface area contributed by atoms with E-state index in [1.807, 2.05) is 44.4 Å². The molecular formula is C18H15N7O2. The first-order valence-electron chi connectivity index (χ1n) is 8.31. The van der Waals surface area contributed by atoms with Crippen LogP contribution in [0.15, 0.2) is 41.1 Å². The molecule has 5 aromatic rings. The van der Waals surface area contributed by atoms with Gasteiger partial charge in [-0.1, -0.05) is 17.3 Å². The average Bonchev–Trinajstić information content (AvgIpc) is 3.39. The Balaban J connectivity index is 1.92. The zero-order chi connectivity index (χ0) is 18.5. The van der Waals surface area contributed by atoms with Gasteiger partial charge < -0.3 is 9.26 Å². The molecule has 0 fully saturated rings. The first-order valence-corrected chi connectivity index (χ1v) is 8.31. The molecule has 0 unspecified atom stereocenters. The highest BCUT2D eigenvalue weighted by Crippen LogP contribution is 2.35. The lowest BCUT2D eigenvalue weighted by Gasteiger charge is -2.10. The van der Waals surface area contributed by atoms with Crippen LogP contribution in [0, 0.1) is 6.92 Å². The predicted octanol–water partition coefficient (Wildman–Crippen LogP) is 2.65. The molecule has 5 rings (SSSR count). The monoisotopic (exact) mass is 361 g/mol. The van der Waals surface area contributed by atoms with Gasteiger partial charge in [0.25, 0.3) is 0 Å². The van der Waals surface area contributed by atoms with Gasteiger partial charge in [-0.2, -0.15) is 14.7 Å². The van der Waals surface area contributed by atoms with E-state index >= 15 is 0 Å². The molecule has 0 atom stereocenters. The summed E-state index contributed by atoms with van der Waals surface area (Å²) in [6, 6.07) is 9.48. The van der Waals surface area contributed by atoms with Crippen molar-refractivity contribution in [3.05, 3.63) is 42.3 Å². The van der Waals surface area contributed by atoms with Gasteiger partial charge in [0.15, 0.2) is 11.3 Å². The highest BCUT2D eigenvalue weighted by Gasteiger charge is 2.21. The van der Waals surface area contributed by atoms with Gasteiger partial charge in [0, 0.05) is 24.7 Å². The van der Waals surface area contributed by atoms with Crippen LogP contribution in [-0.4, -0.2) is 41.9 Å². The third-order valence-electron chi connectivity index (χ3n) is 4.38. The summed E-state index contributed by atoms with van der Waals surface area (Å²) in [5, 5.41) is 23.7. The zero-order valence-electron chi connectivity index (χ0n) is 14.9. The summed E-state index contributed by atoms with van der Waals surface area (Å²) in [6.07, 6.45) is 1.87. The van der Waals surface area contributed by atoms with Crippen LogP contribution in [-0.2, 0) is 7.05 Å². The normalized spacial score (nSPS) is 11.5. The van der Waals surface area contributed by atoms with Gasteiger partial charge >= 0.3 is 0 Å². The van der Waals surface area contributed by atoms with Crippen molar-refractivity contribution in [3.63, 3.8) is 0 Å². The van der Waals surface area contributed by atoms with Gasteiger partial charge in [-0.15, -0.1) is 10.2 Å². The molecule has 1 aromatic carbocycles. The Kier molecular flexibility index (Phi) is 3.23. The van der Waals surface area contributed by atoms with E-state index in [1.165, 1.54) is 0 Å². The molecule has 0 amide bonds. The minimum atomic E-state index is 0.503. The molecule has 0 aliphatic rings. The number of aromatic nitrogens is 7. The van der Waals surface area contributed by atoms with E-state index in [-0.39, 0.29) is 0 Å². The highest BCUT2D eigenvalue weighted by atomic mass is 16.5. The van der Waals surface area contributed by atoms with Crippen LogP contribution in [0.4, 0.5) is 0 Å². The van der Waals surface area contributed by atoms with E-state index in [4.69, 9.17) is 14.4 Å². The van der Waals surface area contributed by atoms with E-state index in [0.717, 1.165) is 16.5 Å². The number of rotatable bonds is 3. The Morgan fingerprint density at radius 2 is 1.96 bits per heavy atom. The zero-order valence-corrected chi connectivity index (χ0v) is 14.9. The van der Waals surface area contributed by atoms with Gasteiger partial charge in [-0.3, -0.25) is 4.68 Å². The lowest BCUT2D eigenvalue weighted by molar-refractivity contribution is 0.399. The number of ether oxygens (including phenoxy) is 1. The van der Waals surface area contributed by atoms with E-state index in [1.54, 1.807) is 22.4 Å². The SMILES string of the molecule is COc1cccc2c1c(-c1ccn(C)n1)nn1c(-c3cc(C)on3)nnc21. The standard InChI is InChI=1S/C18H15N7O2/c1-10-9-13(23-27-10)18-20-19-17-11-5-4-6-14(26-3)15(11)16(22-25(17)18)12-7-8-24(2)21-12/h4-9H,1-3H3. The largest absolute Gasteiger partial charge is 0.496 e. The van der Waals surface area contributed by atoms with Crippen LogP contribution in [0.3, 0.4) is 0 Å².